The number of aryl methyl sites for hydroxylation is 1. The van der Waals surface area contributed by atoms with Crippen LogP contribution in [0.15, 0.2) is 18.2 Å². The van der Waals surface area contributed by atoms with Gasteiger partial charge in [0.05, 0.1) is 12.5 Å². The summed E-state index contributed by atoms with van der Waals surface area (Å²) in [4.78, 5) is 14.2. The quantitative estimate of drug-likeness (QED) is 0.801. The number of carbonyl (C=O) groups is 1. The topological polar surface area (TPSA) is 34.5 Å². The van der Waals surface area contributed by atoms with Crippen LogP contribution >= 0.6 is 11.6 Å². The van der Waals surface area contributed by atoms with Crippen LogP contribution in [0.5, 0.6) is 0 Å². The second-order valence-corrected chi connectivity index (χ2v) is 6.95. The van der Waals surface area contributed by atoms with E-state index in [-0.39, 0.29) is 12.1 Å². The van der Waals surface area contributed by atoms with Crippen LogP contribution in [0.1, 0.15) is 31.5 Å². The van der Waals surface area contributed by atoms with Crippen molar-refractivity contribution in [3.63, 3.8) is 0 Å². The van der Waals surface area contributed by atoms with E-state index in [1.54, 1.807) is 0 Å². The first kappa shape index (κ1) is 16.3. The third-order valence-electron chi connectivity index (χ3n) is 4.31. The minimum atomic E-state index is -0.141. The molecule has 1 aliphatic rings. The molecule has 2 aromatic rings. The number of halogens is 1. The molecule has 4 nitrogen and oxygen atoms in total. The average molecular weight is 335 g/mol. The Bertz CT molecular complexity index is 736. The molecule has 0 aliphatic carbocycles. The molecule has 0 atom stereocenters. The molecule has 0 saturated heterocycles. The number of fused-ring (bicyclic) bond motifs is 3. The van der Waals surface area contributed by atoms with Crippen molar-refractivity contribution in [2.45, 2.75) is 45.9 Å². The predicted molar refractivity (Wildman–Crippen MR) is 92.8 cm³/mol. The standard InChI is InChI=1S/C18H23ClN2O2/c1-12(2)23-18(22)7-9-21-16-5-4-13(19)10-14(16)15-11-20(3)8-6-17(15)21/h4-5,10,12H,6-9,11H2,1-3H3. The number of aromatic nitrogens is 1. The maximum Gasteiger partial charge on any atom is 0.307 e. The van der Waals surface area contributed by atoms with Gasteiger partial charge in [-0.15, -0.1) is 0 Å². The molecule has 2 heterocycles. The Hall–Kier alpha value is -1.52. The van der Waals surface area contributed by atoms with E-state index in [4.69, 9.17) is 16.3 Å². The summed E-state index contributed by atoms with van der Waals surface area (Å²) in [6, 6.07) is 6.02. The van der Waals surface area contributed by atoms with Gasteiger partial charge >= 0.3 is 5.97 Å². The molecule has 0 N–H and O–H groups in total. The van der Waals surface area contributed by atoms with E-state index < -0.39 is 0 Å². The lowest BCUT2D eigenvalue weighted by Gasteiger charge is -2.24. The van der Waals surface area contributed by atoms with Gasteiger partial charge in [-0.1, -0.05) is 11.6 Å². The highest BCUT2D eigenvalue weighted by Gasteiger charge is 2.22. The van der Waals surface area contributed by atoms with E-state index in [0.717, 1.165) is 30.0 Å². The number of carbonyl (C=O) groups excluding carboxylic acids is 1. The van der Waals surface area contributed by atoms with Gasteiger partial charge in [-0.2, -0.15) is 0 Å². The molecule has 23 heavy (non-hydrogen) atoms. The molecule has 0 unspecified atom stereocenters. The van der Waals surface area contributed by atoms with Crippen molar-refractivity contribution in [3.05, 3.63) is 34.5 Å². The van der Waals surface area contributed by atoms with Gasteiger partial charge in [0.2, 0.25) is 0 Å². The maximum absolute atomic E-state index is 11.9. The van der Waals surface area contributed by atoms with Crippen molar-refractivity contribution in [2.24, 2.45) is 0 Å². The van der Waals surface area contributed by atoms with Crippen LogP contribution in [0.25, 0.3) is 10.9 Å². The molecule has 1 aromatic heterocycles. The van der Waals surface area contributed by atoms with Gasteiger partial charge in [0.25, 0.3) is 0 Å². The van der Waals surface area contributed by atoms with Crippen LogP contribution < -0.4 is 0 Å². The summed E-state index contributed by atoms with van der Waals surface area (Å²) in [6.45, 7) is 6.37. The summed E-state index contributed by atoms with van der Waals surface area (Å²) >= 11 is 6.19. The lowest BCUT2D eigenvalue weighted by atomic mass is 10.1. The first-order valence-electron chi connectivity index (χ1n) is 8.13. The number of hydrogen-bond donors (Lipinski definition) is 0. The largest absolute Gasteiger partial charge is 0.463 e. The lowest BCUT2D eigenvalue weighted by molar-refractivity contribution is -0.147. The Labute approximate surface area is 142 Å². The zero-order valence-corrected chi connectivity index (χ0v) is 14.7. The van der Waals surface area contributed by atoms with Crippen LogP contribution in [0.2, 0.25) is 5.02 Å². The number of benzene rings is 1. The SMILES string of the molecule is CC(C)OC(=O)CCn1c2c(c3cc(Cl)ccc31)CN(C)CC2. The van der Waals surface area contributed by atoms with Crippen LogP contribution in [-0.4, -0.2) is 35.1 Å². The van der Waals surface area contributed by atoms with Gasteiger partial charge < -0.3 is 14.2 Å². The highest BCUT2D eigenvalue weighted by Crippen LogP contribution is 2.32. The van der Waals surface area contributed by atoms with Gasteiger partial charge in [0, 0.05) is 47.7 Å². The second-order valence-electron chi connectivity index (χ2n) is 6.51. The molecule has 0 amide bonds. The molecule has 1 aromatic carbocycles. The second kappa shape index (κ2) is 6.54. The van der Waals surface area contributed by atoms with Crippen molar-refractivity contribution in [1.29, 1.82) is 0 Å². The fourth-order valence-corrected chi connectivity index (χ4v) is 3.51. The van der Waals surface area contributed by atoms with Crippen molar-refractivity contribution in [1.82, 2.24) is 9.47 Å². The van der Waals surface area contributed by atoms with Crippen molar-refractivity contribution in [2.75, 3.05) is 13.6 Å². The number of esters is 1. The zero-order chi connectivity index (χ0) is 16.6. The summed E-state index contributed by atoms with van der Waals surface area (Å²) < 4.78 is 7.53. The number of nitrogens with zero attached hydrogens (tertiary/aromatic N) is 2. The third kappa shape index (κ3) is 3.38. The molecule has 0 fully saturated rings. The molecule has 1 aliphatic heterocycles. The van der Waals surface area contributed by atoms with Gasteiger partial charge in [-0.05, 0) is 44.7 Å². The van der Waals surface area contributed by atoms with Crippen LogP contribution in [0.3, 0.4) is 0 Å². The summed E-state index contributed by atoms with van der Waals surface area (Å²) in [7, 11) is 2.14. The Kier molecular flexibility index (Phi) is 4.64. The molecule has 0 saturated carbocycles. The summed E-state index contributed by atoms with van der Waals surface area (Å²) in [5.74, 6) is -0.141. The van der Waals surface area contributed by atoms with Gasteiger partial charge in [-0.3, -0.25) is 4.79 Å². The predicted octanol–water partition coefficient (Wildman–Crippen LogP) is 3.62. The Morgan fingerprint density at radius 2 is 2.17 bits per heavy atom. The minimum absolute atomic E-state index is 0.0646. The van der Waals surface area contributed by atoms with E-state index in [9.17, 15) is 4.79 Å². The van der Waals surface area contributed by atoms with E-state index >= 15 is 0 Å². The smallest absolute Gasteiger partial charge is 0.307 e. The summed E-state index contributed by atoms with van der Waals surface area (Å²) in [5.41, 5.74) is 3.83. The minimum Gasteiger partial charge on any atom is -0.463 e. The maximum atomic E-state index is 11.9. The Morgan fingerprint density at radius 3 is 2.91 bits per heavy atom. The first-order chi connectivity index (χ1) is 11.0. The average Bonchev–Trinajstić information content (AvgIpc) is 2.77. The number of ether oxygens (including phenoxy) is 1. The van der Waals surface area contributed by atoms with Crippen molar-refractivity contribution in [3.8, 4) is 0 Å². The highest BCUT2D eigenvalue weighted by molar-refractivity contribution is 6.31. The normalized spacial score (nSPS) is 15.2. The lowest BCUT2D eigenvalue weighted by Crippen LogP contribution is -2.27. The van der Waals surface area contributed by atoms with E-state index in [1.165, 1.54) is 16.6 Å². The van der Waals surface area contributed by atoms with Crippen LogP contribution in [0, 0.1) is 0 Å². The molecule has 0 radical (unpaired) electrons. The number of hydrogen-bond acceptors (Lipinski definition) is 3. The van der Waals surface area contributed by atoms with Crippen molar-refractivity contribution >= 4 is 28.5 Å². The summed E-state index contributed by atoms with van der Waals surface area (Å²) in [5, 5.41) is 1.96. The Balaban J connectivity index is 1.95. The molecule has 3 rings (SSSR count). The Morgan fingerprint density at radius 1 is 1.39 bits per heavy atom. The molecule has 124 valence electrons. The number of rotatable bonds is 4. The fourth-order valence-electron chi connectivity index (χ4n) is 3.34. The fraction of sp³-hybridized carbons (Fsp3) is 0.500. The molecule has 0 bridgehead atoms. The van der Waals surface area contributed by atoms with E-state index in [0.29, 0.717) is 13.0 Å². The van der Waals surface area contributed by atoms with Gasteiger partial charge in [-0.25, -0.2) is 0 Å². The zero-order valence-electron chi connectivity index (χ0n) is 13.9. The van der Waals surface area contributed by atoms with Crippen LogP contribution in [0.4, 0.5) is 0 Å². The molecular formula is C18H23ClN2O2. The highest BCUT2D eigenvalue weighted by atomic mass is 35.5. The third-order valence-corrected chi connectivity index (χ3v) is 4.55. The molecule has 5 heteroatoms. The molecular weight excluding hydrogens is 312 g/mol. The van der Waals surface area contributed by atoms with Crippen molar-refractivity contribution < 1.29 is 9.53 Å². The van der Waals surface area contributed by atoms with Gasteiger partial charge in [0.15, 0.2) is 0 Å². The van der Waals surface area contributed by atoms with E-state index in [1.807, 2.05) is 26.0 Å². The molecule has 0 spiro atoms. The van der Waals surface area contributed by atoms with Gasteiger partial charge in [0.1, 0.15) is 0 Å². The van der Waals surface area contributed by atoms with Crippen LogP contribution in [-0.2, 0) is 29.0 Å². The monoisotopic (exact) mass is 334 g/mol. The number of likely N-dealkylation sites (N-methyl/N-ethyl adjacent to an activating group) is 1. The van der Waals surface area contributed by atoms with E-state index in [2.05, 4.69) is 22.6 Å². The first-order valence-corrected chi connectivity index (χ1v) is 8.51. The summed E-state index contributed by atoms with van der Waals surface area (Å²) in [6.07, 6.45) is 1.33.